The van der Waals surface area contributed by atoms with E-state index in [2.05, 4.69) is 55.0 Å². The molecule has 1 aliphatic heterocycles. The second-order valence-corrected chi connectivity index (χ2v) is 7.96. The third-order valence-electron chi connectivity index (χ3n) is 5.05. The van der Waals surface area contributed by atoms with E-state index < -0.39 is 0 Å². The molecular weight excluding hydrogens is 322 g/mol. The third-order valence-corrected chi connectivity index (χ3v) is 5.05. The molecule has 0 saturated carbocycles. The largest absolute Gasteiger partial charge is 0.508 e. The van der Waals surface area contributed by atoms with Crippen LogP contribution < -0.4 is 5.32 Å². The first-order valence-corrected chi connectivity index (χ1v) is 9.15. The molecular formula is C22H25N3O. The topological polar surface area (TPSA) is 50.1 Å². The van der Waals surface area contributed by atoms with Gasteiger partial charge in [-0.25, -0.2) is 4.68 Å². The maximum atomic E-state index is 9.58. The van der Waals surface area contributed by atoms with Crippen LogP contribution in [0.1, 0.15) is 37.6 Å². The number of benzene rings is 2. The van der Waals surface area contributed by atoms with Gasteiger partial charge in [0.15, 0.2) is 0 Å². The highest BCUT2D eigenvalue weighted by Crippen LogP contribution is 2.31. The van der Waals surface area contributed by atoms with Crippen LogP contribution >= 0.6 is 0 Å². The highest BCUT2D eigenvalue weighted by atomic mass is 16.3. The van der Waals surface area contributed by atoms with E-state index in [1.54, 1.807) is 12.1 Å². The van der Waals surface area contributed by atoms with Crippen LogP contribution in [0, 0.1) is 0 Å². The smallest absolute Gasteiger partial charge is 0.115 e. The van der Waals surface area contributed by atoms with E-state index in [1.807, 2.05) is 12.1 Å². The first kappa shape index (κ1) is 16.9. The Morgan fingerprint density at radius 2 is 1.69 bits per heavy atom. The Morgan fingerprint density at radius 3 is 2.35 bits per heavy atom. The van der Waals surface area contributed by atoms with Crippen LogP contribution in [0.2, 0.25) is 0 Å². The van der Waals surface area contributed by atoms with E-state index in [0.717, 1.165) is 36.5 Å². The van der Waals surface area contributed by atoms with Gasteiger partial charge in [-0.3, -0.25) is 0 Å². The molecule has 0 spiro atoms. The average molecular weight is 347 g/mol. The number of aromatic hydroxyl groups is 1. The molecule has 0 saturated heterocycles. The molecule has 134 valence electrons. The lowest BCUT2D eigenvalue weighted by Gasteiger charge is -2.20. The zero-order valence-corrected chi connectivity index (χ0v) is 15.6. The van der Waals surface area contributed by atoms with Gasteiger partial charge in [-0.15, -0.1) is 0 Å². The standard InChI is InChI=1S/C22H25N3O/c1-22(2,3)16-6-8-17(9-7-16)25-20-12-13-23-14-19(20)21(24-25)15-4-10-18(26)11-5-15/h4-11,23,26H,12-14H2,1-3H3. The number of fused-ring (bicyclic) bond motifs is 1. The van der Waals surface area contributed by atoms with Crippen LogP contribution in [-0.2, 0) is 18.4 Å². The minimum Gasteiger partial charge on any atom is -0.508 e. The molecule has 2 N–H and O–H groups in total. The number of nitrogens with zero attached hydrogens (tertiary/aromatic N) is 2. The van der Waals surface area contributed by atoms with E-state index in [9.17, 15) is 5.11 Å². The molecule has 4 heteroatoms. The summed E-state index contributed by atoms with van der Waals surface area (Å²) in [7, 11) is 0. The van der Waals surface area contributed by atoms with Gasteiger partial charge in [0.1, 0.15) is 5.75 Å². The van der Waals surface area contributed by atoms with Crippen molar-refractivity contribution in [3.63, 3.8) is 0 Å². The molecule has 0 bridgehead atoms. The Bertz CT molecular complexity index is 916. The fourth-order valence-corrected chi connectivity index (χ4v) is 3.52. The first-order valence-electron chi connectivity index (χ1n) is 9.15. The van der Waals surface area contributed by atoms with Crippen molar-refractivity contribution in [2.75, 3.05) is 6.54 Å². The van der Waals surface area contributed by atoms with Gasteiger partial charge in [-0.2, -0.15) is 5.10 Å². The van der Waals surface area contributed by atoms with Gasteiger partial charge in [-0.05, 0) is 47.4 Å². The summed E-state index contributed by atoms with van der Waals surface area (Å²) in [5.74, 6) is 0.276. The molecule has 0 radical (unpaired) electrons. The minimum absolute atomic E-state index is 0.142. The molecule has 2 aromatic carbocycles. The van der Waals surface area contributed by atoms with Crippen LogP contribution in [0.3, 0.4) is 0 Å². The SMILES string of the molecule is CC(C)(C)c1ccc(-n2nc(-c3ccc(O)cc3)c3c2CCNC3)cc1. The molecule has 4 rings (SSSR count). The number of phenolic OH excluding ortho intramolecular Hbond substituents is 1. The third kappa shape index (κ3) is 3.01. The number of phenols is 1. The van der Waals surface area contributed by atoms with E-state index in [4.69, 9.17) is 5.10 Å². The Balaban J connectivity index is 1.81. The van der Waals surface area contributed by atoms with E-state index >= 15 is 0 Å². The van der Waals surface area contributed by atoms with Crippen molar-refractivity contribution in [1.82, 2.24) is 15.1 Å². The van der Waals surface area contributed by atoms with Crippen LogP contribution in [0.5, 0.6) is 5.75 Å². The number of rotatable bonds is 2. The summed E-state index contributed by atoms with van der Waals surface area (Å²) in [5, 5.41) is 18.0. The summed E-state index contributed by atoms with van der Waals surface area (Å²) in [4.78, 5) is 0. The lowest BCUT2D eigenvalue weighted by atomic mass is 9.87. The maximum absolute atomic E-state index is 9.58. The van der Waals surface area contributed by atoms with Crippen molar-refractivity contribution in [2.45, 2.75) is 39.2 Å². The normalized spacial score (nSPS) is 14.3. The van der Waals surface area contributed by atoms with E-state index in [0.29, 0.717) is 0 Å². The molecule has 1 aromatic heterocycles. The molecule has 0 unspecified atom stereocenters. The lowest BCUT2D eigenvalue weighted by molar-refractivity contribution is 0.475. The Hall–Kier alpha value is -2.59. The van der Waals surface area contributed by atoms with Gasteiger partial charge in [-0.1, -0.05) is 32.9 Å². The minimum atomic E-state index is 0.142. The molecule has 3 aromatic rings. The second kappa shape index (κ2) is 6.29. The zero-order chi connectivity index (χ0) is 18.3. The van der Waals surface area contributed by atoms with Gasteiger partial charge < -0.3 is 10.4 Å². The van der Waals surface area contributed by atoms with Crippen molar-refractivity contribution in [2.24, 2.45) is 0 Å². The zero-order valence-electron chi connectivity index (χ0n) is 15.6. The molecule has 1 aliphatic rings. The molecule has 26 heavy (non-hydrogen) atoms. The lowest BCUT2D eigenvalue weighted by Crippen LogP contribution is -2.24. The Kier molecular flexibility index (Phi) is 4.08. The molecule has 0 aliphatic carbocycles. The number of aromatic nitrogens is 2. The highest BCUT2D eigenvalue weighted by Gasteiger charge is 2.22. The van der Waals surface area contributed by atoms with Gasteiger partial charge in [0.05, 0.1) is 17.1 Å². The Morgan fingerprint density at radius 1 is 1.00 bits per heavy atom. The van der Waals surface area contributed by atoms with Gasteiger partial charge in [0.2, 0.25) is 0 Å². The van der Waals surface area contributed by atoms with E-state index in [-0.39, 0.29) is 11.2 Å². The predicted molar refractivity (Wildman–Crippen MR) is 105 cm³/mol. The fraction of sp³-hybridized carbons (Fsp3) is 0.318. The number of hydrogen-bond donors (Lipinski definition) is 2. The number of nitrogens with one attached hydrogen (secondary N) is 1. The summed E-state index contributed by atoms with van der Waals surface area (Å²) in [6.07, 6.45) is 0.960. The van der Waals surface area contributed by atoms with Crippen LogP contribution in [-0.4, -0.2) is 21.4 Å². The summed E-state index contributed by atoms with van der Waals surface area (Å²) < 4.78 is 2.09. The molecule has 2 heterocycles. The van der Waals surface area contributed by atoms with Gasteiger partial charge in [0, 0.05) is 30.6 Å². The van der Waals surface area contributed by atoms with Crippen molar-refractivity contribution in [1.29, 1.82) is 0 Å². The highest BCUT2D eigenvalue weighted by molar-refractivity contribution is 5.66. The Labute approximate surface area is 154 Å². The molecule has 0 atom stereocenters. The summed E-state index contributed by atoms with van der Waals surface area (Å²) in [5.41, 5.74) is 7.12. The summed E-state index contributed by atoms with van der Waals surface area (Å²) in [6.45, 7) is 8.48. The van der Waals surface area contributed by atoms with Crippen LogP contribution in [0.15, 0.2) is 48.5 Å². The number of hydrogen-bond acceptors (Lipinski definition) is 3. The van der Waals surface area contributed by atoms with Gasteiger partial charge in [0.25, 0.3) is 0 Å². The van der Waals surface area contributed by atoms with Crippen LogP contribution in [0.25, 0.3) is 16.9 Å². The van der Waals surface area contributed by atoms with Crippen molar-refractivity contribution in [3.8, 4) is 22.7 Å². The van der Waals surface area contributed by atoms with Crippen molar-refractivity contribution in [3.05, 3.63) is 65.4 Å². The monoisotopic (exact) mass is 347 g/mol. The molecule has 0 fully saturated rings. The predicted octanol–water partition coefficient (Wildman–Crippen LogP) is 4.19. The molecule has 0 amide bonds. The second-order valence-electron chi connectivity index (χ2n) is 7.96. The molecule has 4 nitrogen and oxygen atoms in total. The first-order chi connectivity index (χ1) is 12.4. The summed E-state index contributed by atoms with van der Waals surface area (Å²) in [6, 6.07) is 16.0. The quantitative estimate of drug-likeness (QED) is 0.731. The fourth-order valence-electron chi connectivity index (χ4n) is 3.52. The van der Waals surface area contributed by atoms with Gasteiger partial charge >= 0.3 is 0 Å². The van der Waals surface area contributed by atoms with Crippen molar-refractivity contribution < 1.29 is 5.11 Å². The van der Waals surface area contributed by atoms with Crippen LogP contribution in [0.4, 0.5) is 0 Å². The average Bonchev–Trinajstić information content (AvgIpc) is 3.01. The van der Waals surface area contributed by atoms with Crippen molar-refractivity contribution >= 4 is 0 Å². The maximum Gasteiger partial charge on any atom is 0.115 e. The van der Waals surface area contributed by atoms with E-state index in [1.165, 1.54) is 16.8 Å². The summed E-state index contributed by atoms with van der Waals surface area (Å²) >= 11 is 0.